The predicted octanol–water partition coefficient (Wildman–Crippen LogP) is 2.17. The lowest BCUT2D eigenvalue weighted by molar-refractivity contribution is -0.145. The van der Waals surface area contributed by atoms with Crippen LogP contribution in [0.3, 0.4) is 0 Å². The quantitative estimate of drug-likeness (QED) is 0.391. The van der Waals surface area contributed by atoms with Crippen LogP contribution in [0.25, 0.3) is 11.1 Å². The Kier molecular flexibility index (Phi) is 8.30. The summed E-state index contributed by atoms with van der Waals surface area (Å²) in [4.78, 5) is 50.3. The van der Waals surface area contributed by atoms with E-state index >= 15 is 0 Å². The molecule has 1 aliphatic heterocycles. The summed E-state index contributed by atoms with van der Waals surface area (Å²) in [5.41, 5.74) is 3.86. The molecule has 8 nitrogen and oxygen atoms in total. The van der Waals surface area contributed by atoms with Gasteiger partial charge < -0.3 is 20.7 Å². The molecule has 3 N–H and O–H groups in total. The molecule has 37 heavy (non-hydrogen) atoms. The van der Waals surface area contributed by atoms with Gasteiger partial charge in [-0.3, -0.25) is 14.4 Å². The number of carbonyl (C=O) groups is 4. The van der Waals surface area contributed by atoms with Crippen molar-refractivity contribution in [3.63, 3.8) is 0 Å². The van der Waals surface area contributed by atoms with Crippen molar-refractivity contribution < 1.29 is 23.9 Å². The molecule has 3 aromatic carbocycles. The van der Waals surface area contributed by atoms with E-state index in [0.29, 0.717) is 6.42 Å². The van der Waals surface area contributed by atoms with Crippen molar-refractivity contribution in [1.82, 2.24) is 16.0 Å². The van der Waals surface area contributed by atoms with Crippen LogP contribution < -0.4 is 16.0 Å². The van der Waals surface area contributed by atoms with Gasteiger partial charge in [-0.2, -0.15) is 0 Å². The highest BCUT2D eigenvalue weighted by Gasteiger charge is 2.35. The molecule has 3 atom stereocenters. The van der Waals surface area contributed by atoms with E-state index in [2.05, 4.69) is 16.0 Å². The Morgan fingerprint density at radius 2 is 1.35 bits per heavy atom. The van der Waals surface area contributed by atoms with Gasteiger partial charge in [0.2, 0.25) is 17.7 Å². The van der Waals surface area contributed by atoms with Crippen LogP contribution in [0, 0.1) is 0 Å². The molecule has 0 aliphatic carbocycles. The fourth-order valence-electron chi connectivity index (χ4n) is 4.29. The first-order chi connectivity index (χ1) is 17.9. The van der Waals surface area contributed by atoms with Crippen LogP contribution in [0.1, 0.15) is 17.5 Å². The van der Waals surface area contributed by atoms with Crippen molar-refractivity contribution in [1.29, 1.82) is 0 Å². The van der Waals surface area contributed by atoms with Gasteiger partial charge >= 0.3 is 5.97 Å². The third-order valence-corrected chi connectivity index (χ3v) is 6.26. The number of nitrogens with one attached hydrogen (secondary N) is 3. The van der Waals surface area contributed by atoms with E-state index in [1.165, 1.54) is 7.11 Å². The van der Waals surface area contributed by atoms with Gasteiger partial charge in [-0.1, -0.05) is 84.9 Å². The summed E-state index contributed by atoms with van der Waals surface area (Å²) >= 11 is 0. The average molecular weight is 500 g/mol. The zero-order valence-corrected chi connectivity index (χ0v) is 20.5. The first kappa shape index (κ1) is 25.6. The molecule has 1 heterocycles. The monoisotopic (exact) mass is 499 g/mol. The lowest BCUT2D eigenvalue weighted by Crippen LogP contribution is -2.63. The van der Waals surface area contributed by atoms with Crippen LogP contribution in [0.2, 0.25) is 0 Å². The number of ether oxygens (including phenoxy) is 1. The Bertz CT molecular complexity index is 1250. The van der Waals surface area contributed by atoms with Crippen molar-refractivity contribution in [3.8, 4) is 11.1 Å². The van der Waals surface area contributed by atoms with Gasteiger partial charge in [0.05, 0.1) is 13.5 Å². The Balaban J connectivity index is 1.34. The predicted molar refractivity (Wildman–Crippen MR) is 138 cm³/mol. The van der Waals surface area contributed by atoms with Crippen LogP contribution in [0.15, 0.2) is 84.9 Å². The number of methoxy groups -OCH3 is 1. The minimum absolute atomic E-state index is 0.218. The number of piperazine rings is 1. The van der Waals surface area contributed by atoms with Crippen molar-refractivity contribution >= 4 is 23.7 Å². The third-order valence-electron chi connectivity index (χ3n) is 6.26. The topological polar surface area (TPSA) is 114 Å². The van der Waals surface area contributed by atoms with E-state index in [1.54, 1.807) is 0 Å². The molecule has 1 aliphatic rings. The lowest BCUT2D eigenvalue weighted by atomic mass is 9.99. The highest BCUT2D eigenvalue weighted by atomic mass is 16.5. The summed E-state index contributed by atoms with van der Waals surface area (Å²) in [5.74, 6) is -1.94. The van der Waals surface area contributed by atoms with Gasteiger partial charge in [-0.25, -0.2) is 4.79 Å². The van der Waals surface area contributed by atoms with Crippen LogP contribution >= 0.6 is 0 Å². The van der Waals surface area contributed by atoms with Crippen LogP contribution in [0.5, 0.6) is 0 Å². The molecule has 0 aromatic heterocycles. The molecule has 0 spiro atoms. The number of hydrogen-bond acceptors (Lipinski definition) is 5. The highest BCUT2D eigenvalue weighted by Crippen LogP contribution is 2.20. The number of rotatable bonds is 9. The van der Waals surface area contributed by atoms with E-state index in [1.807, 2.05) is 84.9 Å². The molecule has 3 amide bonds. The van der Waals surface area contributed by atoms with Crippen molar-refractivity contribution in [3.05, 3.63) is 96.1 Å². The molecule has 0 radical (unpaired) electrons. The van der Waals surface area contributed by atoms with Crippen LogP contribution in [-0.2, 0) is 36.8 Å². The highest BCUT2D eigenvalue weighted by molar-refractivity contribution is 5.99. The molecular weight excluding hydrogens is 470 g/mol. The Labute approximate surface area is 215 Å². The number of amides is 3. The normalized spacial score (nSPS) is 17.8. The second kappa shape index (κ2) is 12.0. The van der Waals surface area contributed by atoms with E-state index in [-0.39, 0.29) is 18.7 Å². The molecule has 4 rings (SSSR count). The molecule has 0 saturated carbocycles. The van der Waals surface area contributed by atoms with E-state index < -0.39 is 35.9 Å². The Morgan fingerprint density at radius 1 is 0.784 bits per heavy atom. The zero-order valence-electron chi connectivity index (χ0n) is 20.5. The van der Waals surface area contributed by atoms with Gasteiger partial charge in [-0.05, 0) is 22.3 Å². The molecule has 1 fully saturated rings. The fraction of sp³-hybridized carbons (Fsp3) is 0.241. The summed E-state index contributed by atoms with van der Waals surface area (Å²) in [6.45, 7) is 0. The second-order valence-electron chi connectivity index (χ2n) is 8.93. The minimum Gasteiger partial charge on any atom is -0.467 e. The lowest BCUT2D eigenvalue weighted by Gasteiger charge is -2.29. The fourth-order valence-corrected chi connectivity index (χ4v) is 4.29. The van der Waals surface area contributed by atoms with E-state index in [4.69, 9.17) is 4.74 Å². The summed E-state index contributed by atoms with van der Waals surface area (Å²) in [5, 5.41) is 7.97. The summed E-state index contributed by atoms with van der Waals surface area (Å²) in [7, 11) is 1.25. The largest absolute Gasteiger partial charge is 0.467 e. The minimum atomic E-state index is -1.03. The molecule has 3 aromatic rings. The van der Waals surface area contributed by atoms with Gasteiger partial charge in [-0.15, -0.1) is 0 Å². The maximum absolute atomic E-state index is 12.7. The Morgan fingerprint density at radius 3 is 2.00 bits per heavy atom. The molecule has 1 saturated heterocycles. The number of esters is 1. The number of hydrogen-bond donors (Lipinski definition) is 3. The van der Waals surface area contributed by atoms with Crippen molar-refractivity contribution in [2.45, 2.75) is 37.4 Å². The first-order valence-corrected chi connectivity index (χ1v) is 12.1. The molecule has 0 unspecified atom stereocenters. The van der Waals surface area contributed by atoms with Crippen LogP contribution in [0.4, 0.5) is 0 Å². The average Bonchev–Trinajstić information content (AvgIpc) is 2.92. The van der Waals surface area contributed by atoms with E-state index in [0.717, 1.165) is 22.3 Å². The first-order valence-electron chi connectivity index (χ1n) is 12.1. The van der Waals surface area contributed by atoms with Crippen LogP contribution in [-0.4, -0.2) is 48.9 Å². The molecule has 0 bridgehead atoms. The van der Waals surface area contributed by atoms with Gasteiger partial charge in [0.25, 0.3) is 0 Å². The summed E-state index contributed by atoms with van der Waals surface area (Å²) in [6, 6.07) is 24.3. The SMILES string of the molecule is COC(=O)[C@H](Cc1ccc(-c2ccccc2)cc1)NC(=O)C[C@@H]1NC(=O)[C@H](Cc2ccccc2)NC1=O. The molecular formula is C29H29N3O5. The summed E-state index contributed by atoms with van der Waals surface area (Å²) < 4.78 is 4.87. The maximum Gasteiger partial charge on any atom is 0.328 e. The summed E-state index contributed by atoms with van der Waals surface area (Å²) in [6.07, 6.45) is 0.275. The number of carbonyl (C=O) groups excluding carboxylic acids is 4. The van der Waals surface area contributed by atoms with Gasteiger partial charge in [0.15, 0.2) is 0 Å². The zero-order chi connectivity index (χ0) is 26.2. The Hall–Kier alpha value is -4.46. The number of benzene rings is 3. The molecule has 8 heteroatoms. The van der Waals surface area contributed by atoms with E-state index in [9.17, 15) is 19.2 Å². The smallest absolute Gasteiger partial charge is 0.328 e. The standard InChI is InChI=1S/C29H29N3O5/c1-37-29(36)25(17-20-12-14-22(15-13-20)21-10-6-3-7-11-21)30-26(33)18-24-28(35)31-23(27(34)32-24)16-19-8-4-2-5-9-19/h2-15,23-25H,16-18H2,1H3,(H,30,33)(H,31,35)(H,32,34)/t23-,24-,25-/m0/s1. The van der Waals surface area contributed by atoms with Gasteiger partial charge in [0, 0.05) is 12.8 Å². The maximum atomic E-state index is 12.7. The van der Waals surface area contributed by atoms with Crippen molar-refractivity contribution in [2.75, 3.05) is 7.11 Å². The third kappa shape index (κ3) is 6.82. The van der Waals surface area contributed by atoms with Gasteiger partial charge in [0.1, 0.15) is 18.1 Å². The second-order valence-corrected chi connectivity index (χ2v) is 8.93. The molecule has 190 valence electrons. The van der Waals surface area contributed by atoms with Crippen molar-refractivity contribution in [2.24, 2.45) is 0 Å².